The van der Waals surface area contributed by atoms with Crippen LogP contribution in [-0.2, 0) is 9.47 Å². The summed E-state index contributed by atoms with van der Waals surface area (Å²) in [4.78, 5) is 5.76. The zero-order valence-corrected chi connectivity index (χ0v) is 15.4. The van der Waals surface area contributed by atoms with Crippen LogP contribution in [0.4, 0.5) is 0 Å². The average Bonchev–Trinajstić information content (AvgIpc) is 3.32. The van der Waals surface area contributed by atoms with Gasteiger partial charge in [-0.3, -0.25) is 0 Å². The fraction of sp³-hybridized carbons (Fsp3) is 0.619. The molecule has 4 rings (SSSR count). The smallest absolute Gasteiger partial charge is 0.0900 e. The number of hydrogen-bond donors (Lipinski definition) is 2. The van der Waals surface area contributed by atoms with Gasteiger partial charge in [0.05, 0.1) is 25.4 Å². The Kier molecular flexibility index (Phi) is 5.90. The van der Waals surface area contributed by atoms with Gasteiger partial charge in [-0.2, -0.15) is 0 Å². The number of aromatic nitrogens is 1. The SMILES string of the molecule is OC(COCC1CCCO1)CN1CCC(c2c[nH]c3ccccc23)CC1. The van der Waals surface area contributed by atoms with Crippen LogP contribution in [0.1, 0.15) is 37.2 Å². The van der Waals surface area contributed by atoms with E-state index in [0.29, 0.717) is 25.7 Å². The number of piperidine rings is 1. The summed E-state index contributed by atoms with van der Waals surface area (Å²) in [5.74, 6) is 0.607. The fourth-order valence-corrected chi connectivity index (χ4v) is 4.32. The number of H-pyrrole nitrogens is 1. The zero-order chi connectivity index (χ0) is 17.8. The Bertz CT molecular complexity index is 687. The number of benzene rings is 1. The lowest BCUT2D eigenvalue weighted by Crippen LogP contribution is -2.40. The first-order valence-corrected chi connectivity index (χ1v) is 9.95. The van der Waals surface area contributed by atoms with E-state index in [4.69, 9.17) is 9.47 Å². The van der Waals surface area contributed by atoms with Gasteiger partial charge < -0.3 is 24.5 Å². The first kappa shape index (κ1) is 18.0. The highest BCUT2D eigenvalue weighted by atomic mass is 16.5. The average molecular weight is 358 g/mol. The van der Waals surface area contributed by atoms with Crippen molar-refractivity contribution in [3.63, 3.8) is 0 Å². The van der Waals surface area contributed by atoms with Crippen molar-refractivity contribution in [1.29, 1.82) is 0 Å². The highest BCUT2D eigenvalue weighted by Gasteiger charge is 2.24. The molecule has 26 heavy (non-hydrogen) atoms. The van der Waals surface area contributed by atoms with Crippen molar-refractivity contribution in [2.24, 2.45) is 0 Å². The van der Waals surface area contributed by atoms with E-state index in [1.165, 1.54) is 16.5 Å². The predicted octanol–water partition coefficient (Wildman–Crippen LogP) is 2.90. The number of likely N-dealkylation sites (tertiary alicyclic amines) is 1. The van der Waals surface area contributed by atoms with Gasteiger partial charge in [0.25, 0.3) is 0 Å². The molecule has 2 saturated heterocycles. The van der Waals surface area contributed by atoms with Crippen LogP contribution in [0.2, 0.25) is 0 Å². The Balaban J connectivity index is 1.21. The molecule has 1 aromatic heterocycles. The molecule has 0 amide bonds. The lowest BCUT2D eigenvalue weighted by atomic mass is 9.89. The molecule has 1 aromatic carbocycles. The molecule has 2 aromatic rings. The third-order valence-electron chi connectivity index (χ3n) is 5.76. The molecule has 0 radical (unpaired) electrons. The largest absolute Gasteiger partial charge is 0.389 e. The van der Waals surface area contributed by atoms with Crippen molar-refractivity contribution in [3.05, 3.63) is 36.0 Å². The molecule has 3 heterocycles. The van der Waals surface area contributed by atoms with E-state index in [1.807, 2.05) is 0 Å². The maximum Gasteiger partial charge on any atom is 0.0900 e. The monoisotopic (exact) mass is 358 g/mol. The molecule has 0 saturated carbocycles. The van der Waals surface area contributed by atoms with Gasteiger partial charge in [0, 0.05) is 30.3 Å². The van der Waals surface area contributed by atoms with Crippen LogP contribution in [0.5, 0.6) is 0 Å². The van der Waals surface area contributed by atoms with Crippen molar-refractivity contribution in [1.82, 2.24) is 9.88 Å². The van der Waals surface area contributed by atoms with E-state index in [0.717, 1.165) is 45.4 Å². The minimum atomic E-state index is -0.416. The van der Waals surface area contributed by atoms with Gasteiger partial charge in [-0.1, -0.05) is 18.2 Å². The lowest BCUT2D eigenvalue weighted by molar-refractivity contribution is -0.0267. The fourth-order valence-electron chi connectivity index (χ4n) is 4.32. The van der Waals surface area contributed by atoms with Gasteiger partial charge >= 0.3 is 0 Å². The maximum absolute atomic E-state index is 10.3. The molecule has 142 valence electrons. The first-order valence-electron chi connectivity index (χ1n) is 9.95. The summed E-state index contributed by atoms with van der Waals surface area (Å²) in [6, 6.07) is 8.54. The maximum atomic E-state index is 10.3. The minimum absolute atomic E-state index is 0.231. The summed E-state index contributed by atoms with van der Waals surface area (Å²) in [5, 5.41) is 11.6. The minimum Gasteiger partial charge on any atom is -0.389 e. The van der Waals surface area contributed by atoms with Crippen molar-refractivity contribution in [3.8, 4) is 0 Å². The summed E-state index contributed by atoms with van der Waals surface area (Å²) in [7, 11) is 0. The summed E-state index contributed by atoms with van der Waals surface area (Å²) < 4.78 is 11.2. The number of β-amino-alcohol motifs (C(OH)–C–C–N with tert-alkyl or cyclic N) is 1. The first-order chi connectivity index (χ1) is 12.8. The molecule has 2 N–H and O–H groups in total. The number of aromatic amines is 1. The van der Waals surface area contributed by atoms with E-state index in [-0.39, 0.29) is 6.10 Å². The highest BCUT2D eigenvalue weighted by Crippen LogP contribution is 2.33. The van der Waals surface area contributed by atoms with E-state index in [1.54, 1.807) is 0 Å². The summed E-state index contributed by atoms with van der Waals surface area (Å²) in [6.07, 6.45) is 6.49. The van der Waals surface area contributed by atoms with E-state index >= 15 is 0 Å². The quantitative estimate of drug-likeness (QED) is 0.799. The molecule has 5 heteroatoms. The van der Waals surface area contributed by atoms with Crippen LogP contribution in [-0.4, -0.2) is 66.7 Å². The number of rotatable bonds is 7. The van der Waals surface area contributed by atoms with Gasteiger partial charge in [-0.25, -0.2) is 0 Å². The van der Waals surface area contributed by atoms with Crippen LogP contribution in [0, 0.1) is 0 Å². The Morgan fingerprint density at radius 3 is 2.88 bits per heavy atom. The molecule has 0 aliphatic carbocycles. The number of fused-ring (bicyclic) bond motifs is 1. The number of hydrogen-bond acceptors (Lipinski definition) is 4. The van der Waals surface area contributed by atoms with Gasteiger partial charge in [0.2, 0.25) is 0 Å². The lowest BCUT2D eigenvalue weighted by Gasteiger charge is -2.33. The van der Waals surface area contributed by atoms with Gasteiger partial charge in [0.15, 0.2) is 0 Å². The van der Waals surface area contributed by atoms with Crippen molar-refractivity contribution < 1.29 is 14.6 Å². The highest BCUT2D eigenvalue weighted by molar-refractivity contribution is 5.83. The molecule has 2 aliphatic heterocycles. The summed E-state index contributed by atoms with van der Waals surface area (Å²) >= 11 is 0. The standard InChI is InChI=1S/C21H30N2O3/c24-17(14-25-15-18-4-3-11-26-18)13-23-9-7-16(8-10-23)20-12-22-21-6-2-1-5-19(20)21/h1-2,5-6,12,16-18,22,24H,3-4,7-11,13-15H2. The van der Waals surface area contributed by atoms with E-state index in [2.05, 4.69) is 40.3 Å². The Labute approximate surface area is 155 Å². The third kappa shape index (κ3) is 4.29. The Morgan fingerprint density at radius 2 is 2.08 bits per heavy atom. The van der Waals surface area contributed by atoms with Crippen LogP contribution in [0.15, 0.2) is 30.5 Å². The van der Waals surface area contributed by atoms with Crippen LogP contribution < -0.4 is 0 Å². The summed E-state index contributed by atoms with van der Waals surface area (Å²) in [5.41, 5.74) is 2.67. The van der Waals surface area contributed by atoms with Crippen LogP contribution in [0.3, 0.4) is 0 Å². The third-order valence-corrected chi connectivity index (χ3v) is 5.76. The van der Waals surface area contributed by atoms with Gasteiger partial charge in [-0.05, 0) is 56.3 Å². The number of aliphatic hydroxyl groups is 1. The van der Waals surface area contributed by atoms with Crippen molar-refractivity contribution in [2.75, 3.05) is 39.5 Å². The van der Waals surface area contributed by atoms with Crippen LogP contribution in [0.25, 0.3) is 10.9 Å². The molecule has 2 unspecified atom stereocenters. The Morgan fingerprint density at radius 1 is 1.23 bits per heavy atom. The second-order valence-corrected chi connectivity index (χ2v) is 7.69. The molecule has 2 atom stereocenters. The molecular formula is C21H30N2O3. The van der Waals surface area contributed by atoms with Gasteiger partial charge in [-0.15, -0.1) is 0 Å². The van der Waals surface area contributed by atoms with Crippen molar-refractivity contribution in [2.45, 2.75) is 43.8 Å². The zero-order valence-electron chi connectivity index (χ0n) is 15.4. The number of aliphatic hydroxyl groups excluding tert-OH is 1. The molecule has 5 nitrogen and oxygen atoms in total. The second kappa shape index (κ2) is 8.53. The summed E-state index contributed by atoms with van der Waals surface area (Å²) in [6.45, 7) is 4.63. The topological polar surface area (TPSA) is 57.7 Å². The molecular weight excluding hydrogens is 328 g/mol. The number of nitrogens with one attached hydrogen (secondary N) is 1. The Hall–Kier alpha value is -1.40. The van der Waals surface area contributed by atoms with Crippen LogP contribution >= 0.6 is 0 Å². The predicted molar refractivity (Wildman–Crippen MR) is 103 cm³/mol. The van der Waals surface area contributed by atoms with Crippen molar-refractivity contribution >= 4 is 10.9 Å². The van der Waals surface area contributed by atoms with Gasteiger partial charge in [0.1, 0.15) is 0 Å². The number of ether oxygens (including phenoxy) is 2. The van der Waals surface area contributed by atoms with E-state index < -0.39 is 6.10 Å². The second-order valence-electron chi connectivity index (χ2n) is 7.69. The normalized spacial score (nSPS) is 23.7. The molecule has 0 spiro atoms. The van der Waals surface area contributed by atoms with E-state index in [9.17, 15) is 5.11 Å². The molecule has 0 bridgehead atoms. The molecule has 2 aliphatic rings. The number of nitrogens with zero attached hydrogens (tertiary/aromatic N) is 1. The number of para-hydroxylation sites is 1. The molecule has 2 fully saturated rings.